The van der Waals surface area contributed by atoms with Crippen LogP contribution in [0.15, 0.2) is 60.0 Å². The summed E-state index contributed by atoms with van der Waals surface area (Å²) in [6.07, 6.45) is 4.16. The van der Waals surface area contributed by atoms with Crippen LogP contribution in [0, 0.1) is 11.7 Å². The molecule has 1 aliphatic rings. The number of halogens is 1. The van der Waals surface area contributed by atoms with Crippen molar-refractivity contribution in [2.24, 2.45) is 13.0 Å². The van der Waals surface area contributed by atoms with Crippen molar-refractivity contribution >= 4 is 33.3 Å². The van der Waals surface area contributed by atoms with Crippen molar-refractivity contribution in [3.05, 3.63) is 66.4 Å². The summed E-state index contributed by atoms with van der Waals surface area (Å²) in [6, 6.07) is 8.85. The number of carbonyl (C=O) groups excluding carboxylic acids is 2. The molecule has 0 saturated carbocycles. The summed E-state index contributed by atoms with van der Waals surface area (Å²) in [4.78, 5) is 32.6. The van der Waals surface area contributed by atoms with Crippen molar-refractivity contribution in [1.82, 2.24) is 18.8 Å². The number of hydrogen-bond acceptors (Lipinski definition) is 8. The van der Waals surface area contributed by atoms with E-state index in [2.05, 4.69) is 15.6 Å². The van der Waals surface area contributed by atoms with E-state index in [1.165, 1.54) is 59.1 Å². The number of imidazole rings is 1. The van der Waals surface area contributed by atoms with Gasteiger partial charge >= 0.3 is 6.03 Å². The maximum Gasteiger partial charge on any atom is 0.323 e. The van der Waals surface area contributed by atoms with Gasteiger partial charge < -0.3 is 34.7 Å². The van der Waals surface area contributed by atoms with E-state index in [1.54, 1.807) is 30.7 Å². The number of ether oxygens (including phenoxy) is 2. The van der Waals surface area contributed by atoms with Gasteiger partial charge in [0.1, 0.15) is 11.6 Å². The molecule has 0 bridgehead atoms. The van der Waals surface area contributed by atoms with Gasteiger partial charge in [0.2, 0.25) is 0 Å². The average molecular weight is 689 g/mol. The van der Waals surface area contributed by atoms with Crippen molar-refractivity contribution in [2.45, 2.75) is 63.3 Å². The Morgan fingerprint density at radius 3 is 2.50 bits per heavy atom. The van der Waals surface area contributed by atoms with Crippen LogP contribution in [0.3, 0.4) is 0 Å². The Bertz CT molecular complexity index is 1650. The molecule has 4 rings (SSSR count). The zero-order valence-electron chi connectivity index (χ0n) is 27.9. The smallest absolute Gasteiger partial charge is 0.323 e. The lowest BCUT2D eigenvalue weighted by Crippen LogP contribution is -2.48. The number of anilines is 2. The molecule has 0 saturated heterocycles. The number of benzene rings is 2. The van der Waals surface area contributed by atoms with E-state index < -0.39 is 39.9 Å². The maximum atomic E-state index is 14.3. The largest absolute Gasteiger partial charge is 0.490 e. The molecule has 0 unspecified atom stereocenters. The molecule has 262 valence electrons. The molecule has 0 fully saturated rings. The number of rotatable bonds is 8. The quantitative estimate of drug-likeness (QED) is 0.316. The number of carbonyl (C=O) groups is 2. The van der Waals surface area contributed by atoms with Crippen LogP contribution in [0.5, 0.6) is 5.75 Å². The molecule has 3 N–H and O–H groups in total. The summed E-state index contributed by atoms with van der Waals surface area (Å²) < 4.78 is 55.2. The number of aliphatic hydroxyl groups excluding tert-OH is 1. The van der Waals surface area contributed by atoms with Gasteiger partial charge in [-0.2, -0.15) is 4.31 Å². The van der Waals surface area contributed by atoms with Crippen LogP contribution in [0.2, 0.25) is 0 Å². The number of fused-ring (bicyclic) bond motifs is 1. The molecular weight excluding hydrogens is 643 g/mol. The number of aromatic nitrogens is 2. The van der Waals surface area contributed by atoms with Gasteiger partial charge in [-0.25, -0.2) is 22.6 Å². The van der Waals surface area contributed by atoms with Crippen molar-refractivity contribution in [1.29, 1.82) is 0 Å². The number of likely N-dealkylation sites (N-methyl/N-ethyl adjacent to an activating group) is 1. The minimum Gasteiger partial charge on any atom is -0.490 e. The Labute approximate surface area is 281 Å². The Hall–Kier alpha value is -4.05. The van der Waals surface area contributed by atoms with Gasteiger partial charge in [0.25, 0.3) is 15.9 Å². The van der Waals surface area contributed by atoms with Gasteiger partial charge in [-0.15, -0.1) is 0 Å². The third-order valence-electron chi connectivity index (χ3n) is 8.20. The highest BCUT2D eigenvalue weighted by molar-refractivity contribution is 7.89. The fourth-order valence-corrected chi connectivity index (χ4v) is 6.47. The van der Waals surface area contributed by atoms with E-state index >= 15 is 0 Å². The van der Waals surface area contributed by atoms with Gasteiger partial charge in [0.15, 0.2) is 5.03 Å². The average Bonchev–Trinajstić information content (AvgIpc) is 3.50. The van der Waals surface area contributed by atoms with E-state index in [9.17, 15) is 27.5 Å². The lowest BCUT2D eigenvalue weighted by atomic mass is 10.0. The number of hydrogen-bond donors (Lipinski definition) is 3. The Morgan fingerprint density at radius 2 is 1.83 bits per heavy atom. The number of aryl methyl sites for hydroxylation is 1. The molecule has 3 aromatic rings. The van der Waals surface area contributed by atoms with Crippen molar-refractivity contribution in [3.63, 3.8) is 0 Å². The molecule has 13 nitrogen and oxygen atoms in total. The van der Waals surface area contributed by atoms with Gasteiger partial charge in [-0.1, -0.05) is 6.92 Å². The molecule has 4 atom stereocenters. The summed E-state index contributed by atoms with van der Waals surface area (Å²) in [5, 5.41) is 15.4. The molecule has 1 aliphatic heterocycles. The topological polar surface area (TPSA) is 155 Å². The molecule has 0 spiro atoms. The lowest BCUT2D eigenvalue weighted by Gasteiger charge is -2.35. The van der Waals surface area contributed by atoms with Crippen molar-refractivity contribution in [2.75, 3.05) is 44.0 Å². The van der Waals surface area contributed by atoms with Crippen LogP contribution in [-0.4, -0.2) is 95.8 Å². The van der Waals surface area contributed by atoms with E-state index in [4.69, 9.17) is 9.47 Å². The fourth-order valence-electron chi connectivity index (χ4n) is 5.32. The van der Waals surface area contributed by atoms with Crippen LogP contribution >= 0.6 is 0 Å². The number of amides is 3. The number of urea groups is 1. The third-order valence-corrected chi connectivity index (χ3v) is 9.91. The number of aliphatic hydroxyl groups is 1. The lowest BCUT2D eigenvalue weighted by molar-refractivity contribution is -0.00835. The molecular formula is C33H45FN6O7S. The Kier molecular flexibility index (Phi) is 12.5. The minimum atomic E-state index is -3.90. The molecule has 1 aromatic heterocycles. The van der Waals surface area contributed by atoms with E-state index in [1.807, 2.05) is 13.8 Å². The van der Waals surface area contributed by atoms with Crippen LogP contribution in [0.4, 0.5) is 20.6 Å². The second kappa shape index (κ2) is 16.4. The van der Waals surface area contributed by atoms with Crippen LogP contribution in [0.1, 0.15) is 50.4 Å². The second-order valence-electron chi connectivity index (χ2n) is 12.3. The molecule has 3 amide bonds. The van der Waals surface area contributed by atoms with Gasteiger partial charge in [0, 0.05) is 57.3 Å². The van der Waals surface area contributed by atoms with E-state index in [0.29, 0.717) is 36.6 Å². The molecule has 0 radical (unpaired) electrons. The van der Waals surface area contributed by atoms with Crippen molar-refractivity contribution < 1.29 is 37.0 Å². The zero-order chi connectivity index (χ0) is 35.0. The molecule has 0 aliphatic carbocycles. The van der Waals surface area contributed by atoms with Gasteiger partial charge in [-0.05, 0) is 75.6 Å². The molecule has 2 aromatic carbocycles. The van der Waals surface area contributed by atoms with E-state index in [-0.39, 0.29) is 42.3 Å². The predicted octanol–water partition coefficient (Wildman–Crippen LogP) is 4.32. The third kappa shape index (κ3) is 9.52. The molecule has 2 heterocycles. The SMILES string of the molecule is C[C@@H]1CCCCO[C@H](CN(C)S(=O)(=O)c2cn(C)cn2)[C@@H](C)CN([C@H](C)CO)C(=O)c2cc(NC(=O)Nc3ccc(F)cc3)ccc2O1. The van der Waals surface area contributed by atoms with E-state index in [0.717, 1.165) is 6.42 Å². The highest BCUT2D eigenvalue weighted by atomic mass is 32.2. The summed E-state index contributed by atoms with van der Waals surface area (Å²) >= 11 is 0. The molecule has 15 heteroatoms. The monoisotopic (exact) mass is 688 g/mol. The zero-order valence-corrected chi connectivity index (χ0v) is 28.7. The predicted molar refractivity (Wildman–Crippen MR) is 179 cm³/mol. The van der Waals surface area contributed by atoms with Gasteiger partial charge in [-0.3, -0.25) is 4.79 Å². The number of nitrogens with one attached hydrogen (secondary N) is 2. The van der Waals surface area contributed by atoms with Crippen LogP contribution < -0.4 is 15.4 Å². The van der Waals surface area contributed by atoms with Crippen LogP contribution in [0.25, 0.3) is 0 Å². The number of nitrogens with zero attached hydrogens (tertiary/aromatic N) is 4. The number of sulfonamides is 1. The first-order valence-corrected chi connectivity index (χ1v) is 17.3. The van der Waals surface area contributed by atoms with Crippen molar-refractivity contribution in [3.8, 4) is 5.75 Å². The Balaban J connectivity index is 1.62. The fraction of sp³-hybridized carbons (Fsp3) is 0.485. The standard InChI is InChI=1S/C33H45FN6O7S/c1-22-17-40(23(2)20-41)32(42)28-16-27(37-33(43)36-26-11-9-25(34)10-12-26)13-14-29(28)47-24(3)8-6-7-15-46-30(22)18-39(5)48(44,45)31-19-38(4)21-35-31/h9-14,16,19,21-24,30,41H,6-8,15,17-18,20H2,1-5H3,(H2,36,37,43)/t22-,23+,24+,30+/m0/s1. The first-order chi connectivity index (χ1) is 22.8. The first kappa shape index (κ1) is 36.8. The first-order valence-electron chi connectivity index (χ1n) is 15.9. The summed E-state index contributed by atoms with van der Waals surface area (Å²) in [5.41, 5.74) is 0.872. The normalized spacial score (nSPS) is 20.4. The highest BCUT2D eigenvalue weighted by Gasteiger charge is 2.33. The van der Waals surface area contributed by atoms with Crippen LogP contribution in [-0.2, 0) is 21.8 Å². The van der Waals surface area contributed by atoms with Gasteiger partial charge in [0.05, 0.1) is 36.7 Å². The molecule has 48 heavy (non-hydrogen) atoms. The minimum absolute atomic E-state index is 0.0168. The Morgan fingerprint density at radius 1 is 1.15 bits per heavy atom. The summed E-state index contributed by atoms with van der Waals surface area (Å²) in [6.45, 7) is 5.68. The maximum absolute atomic E-state index is 14.3. The summed E-state index contributed by atoms with van der Waals surface area (Å²) in [7, 11) is -0.741. The summed E-state index contributed by atoms with van der Waals surface area (Å²) in [5.74, 6) is -0.919. The highest BCUT2D eigenvalue weighted by Crippen LogP contribution is 2.29. The second-order valence-corrected chi connectivity index (χ2v) is 14.3.